The third kappa shape index (κ3) is 4.60. The van der Waals surface area contributed by atoms with E-state index in [9.17, 15) is 4.79 Å². The highest BCUT2D eigenvalue weighted by Gasteiger charge is 2.24. The molecule has 1 fully saturated rings. The SMILES string of the molecule is C[C@H](Sc1nnnn1C1CCCC1)C(=O)NC[C@@H](C)c1ccccc1. The minimum atomic E-state index is -0.228. The fraction of sp³-hybridized carbons (Fsp3) is 0.556. The Balaban J connectivity index is 1.52. The van der Waals surface area contributed by atoms with E-state index in [4.69, 9.17) is 0 Å². The van der Waals surface area contributed by atoms with Crippen LogP contribution >= 0.6 is 11.8 Å². The minimum absolute atomic E-state index is 0.0220. The molecule has 1 aliphatic rings. The van der Waals surface area contributed by atoms with Crippen molar-refractivity contribution in [2.75, 3.05) is 6.54 Å². The van der Waals surface area contributed by atoms with Crippen LogP contribution in [0.1, 0.15) is 57.1 Å². The van der Waals surface area contributed by atoms with Gasteiger partial charge in [0.1, 0.15) is 0 Å². The molecular weight excluding hydrogens is 334 g/mol. The molecule has 1 aliphatic carbocycles. The molecule has 2 atom stereocenters. The normalized spacial score (nSPS) is 17.4. The second-order valence-corrected chi connectivity index (χ2v) is 7.97. The lowest BCUT2D eigenvalue weighted by molar-refractivity contribution is -0.120. The topological polar surface area (TPSA) is 72.7 Å². The van der Waals surface area contributed by atoms with E-state index < -0.39 is 0 Å². The quantitative estimate of drug-likeness (QED) is 0.769. The number of aromatic nitrogens is 4. The number of hydrogen-bond acceptors (Lipinski definition) is 5. The number of carbonyl (C=O) groups is 1. The summed E-state index contributed by atoms with van der Waals surface area (Å²) in [7, 11) is 0. The van der Waals surface area contributed by atoms with Gasteiger partial charge in [-0.05, 0) is 41.7 Å². The van der Waals surface area contributed by atoms with Crippen LogP contribution in [0.4, 0.5) is 0 Å². The molecule has 134 valence electrons. The zero-order chi connectivity index (χ0) is 17.6. The molecule has 1 saturated carbocycles. The molecule has 1 aromatic carbocycles. The van der Waals surface area contributed by atoms with Gasteiger partial charge in [-0.1, -0.05) is 61.9 Å². The summed E-state index contributed by atoms with van der Waals surface area (Å²) in [4.78, 5) is 12.4. The molecule has 7 heteroatoms. The number of carbonyl (C=O) groups excluding carboxylic acids is 1. The van der Waals surface area contributed by atoms with Crippen molar-refractivity contribution in [3.63, 3.8) is 0 Å². The Morgan fingerprint density at radius 1 is 1.28 bits per heavy atom. The Bertz CT molecular complexity index is 684. The maximum atomic E-state index is 12.4. The van der Waals surface area contributed by atoms with E-state index in [1.54, 1.807) is 0 Å². The molecule has 0 spiro atoms. The van der Waals surface area contributed by atoms with Gasteiger partial charge in [0.15, 0.2) is 0 Å². The van der Waals surface area contributed by atoms with Gasteiger partial charge in [0.05, 0.1) is 11.3 Å². The van der Waals surface area contributed by atoms with E-state index in [1.165, 1.54) is 30.2 Å². The van der Waals surface area contributed by atoms with Gasteiger partial charge in [-0.25, -0.2) is 4.68 Å². The van der Waals surface area contributed by atoms with E-state index in [0.717, 1.165) is 18.0 Å². The summed E-state index contributed by atoms with van der Waals surface area (Å²) < 4.78 is 1.90. The predicted octanol–water partition coefficient (Wildman–Crippen LogP) is 3.19. The second kappa shape index (κ2) is 8.47. The third-order valence-electron chi connectivity index (χ3n) is 4.74. The number of hydrogen-bond donors (Lipinski definition) is 1. The Labute approximate surface area is 152 Å². The second-order valence-electron chi connectivity index (χ2n) is 6.66. The first-order valence-electron chi connectivity index (χ1n) is 8.92. The molecule has 25 heavy (non-hydrogen) atoms. The lowest BCUT2D eigenvalue weighted by Crippen LogP contribution is -2.33. The average Bonchev–Trinajstić information content (AvgIpc) is 3.31. The molecular formula is C18H25N5OS. The molecule has 2 aromatic rings. The molecule has 1 aromatic heterocycles. The maximum Gasteiger partial charge on any atom is 0.233 e. The van der Waals surface area contributed by atoms with Crippen molar-refractivity contribution in [2.24, 2.45) is 0 Å². The van der Waals surface area contributed by atoms with E-state index in [-0.39, 0.29) is 17.1 Å². The number of nitrogens with zero attached hydrogens (tertiary/aromatic N) is 4. The van der Waals surface area contributed by atoms with Crippen LogP contribution in [0.25, 0.3) is 0 Å². The highest BCUT2D eigenvalue weighted by atomic mass is 32.2. The van der Waals surface area contributed by atoms with Crippen molar-refractivity contribution in [1.29, 1.82) is 0 Å². The van der Waals surface area contributed by atoms with E-state index >= 15 is 0 Å². The largest absolute Gasteiger partial charge is 0.355 e. The van der Waals surface area contributed by atoms with Crippen molar-refractivity contribution in [3.05, 3.63) is 35.9 Å². The number of nitrogens with one attached hydrogen (secondary N) is 1. The van der Waals surface area contributed by atoms with Gasteiger partial charge in [-0.3, -0.25) is 4.79 Å². The van der Waals surface area contributed by atoms with Gasteiger partial charge in [-0.15, -0.1) is 5.10 Å². The lowest BCUT2D eigenvalue weighted by Gasteiger charge is -2.16. The number of benzene rings is 1. The van der Waals surface area contributed by atoms with Crippen LogP contribution in [0.15, 0.2) is 35.5 Å². The Hall–Kier alpha value is -1.89. The summed E-state index contributed by atoms with van der Waals surface area (Å²) in [5, 5.41) is 15.6. The number of amides is 1. The number of rotatable bonds is 7. The van der Waals surface area contributed by atoms with Crippen LogP contribution in [0.3, 0.4) is 0 Å². The van der Waals surface area contributed by atoms with E-state index in [2.05, 4.69) is 39.9 Å². The smallest absolute Gasteiger partial charge is 0.233 e. The zero-order valence-corrected chi connectivity index (χ0v) is 15.6. The molecule has 1 heterocycles. The summed E-state index contributed by atoms with van der Waals surface area (Å²) in [5.74, 6) is 0.305. The standard InChI is InChI=1S/C18H25N5OS/c1-13(15-8-4-3-5-9-15)12-19-17(24)14(2)25-18-20-21-22-23(18)16-10-6-7-11-16/h3-5,8-9,13-14,16H,6-7,10-12H2,1-2H3,(H,19,24)/t13-,14+/m1/s1. The Morgan fingerprint density at radius 2 is 2.00 bits per heavy atom. The van der Waals surface area contributed by atoms with Gasteiger partial charge in [0.2, 0.25) is 11.1 Å². The summed E-state index contributed by atoms with van der Waals surface area (Å²) in [6.07, 6.45) is 4.69. The molecule has 1 amide bonds. The molecule has 3 rings (SSSR count). The summed E-state index contributed by atoms with van der Waals surface area (Å²) in [6, 6.07) is 10.6. The van der Waals surface area contributed by atoms with E-state index in [1.807, 2.05) is 29.8 Å². The monoisotopic (exact) mass is 359 g/mol. The van der Waals surface area contributed by atoms with Crippen LogP contribution in [0, 0.1) is 0 Å². The highest BCUT2D eigenvalue weighted by Crippen LogP contribution is 2.32. The first-order valence-corrected chi connectivity index (χ1v) is 9.80. The first-order chi connectivity index (χ1) is 12.1. The summed E-state index contributed by atoms with van der Waals surface area (Å²) >= 11 is 1.43. The molecule has 1 N–H and O–H groups in total. The van der Waals surface area contributed by atoms with Crippen molar-refractivity contribution in [3.8, 4) is 0 Å². The van der Waals surface area contributed by atoms with Crippen molar-refractivity contribution in [1.82, 2.24) is 25.5 Å². The van der Waals surface area contributed by atoms with Crippen LogP contribution in [-0.4, -0.2) is 37.9 Å². The minimum Gasteiger partial charge on any atom is -0.355 e. The van der Waals surface area contributed by atoms with Crippen molar-refractivity contribution >= 4 is 17.7 Å². The number of tetrazole rings is 1. The molecule has 6 nitrogen and oxygen atoms in total. The molecule has 0 saturated heterocycles. The fourth-order valence-electron chi connectivity index (χ4n) is 3.15. The van der Waals surface area contributed by atoms with Crippen LogP contribution < -0.4 is 5.32 Å². The third-order valence-corrected chi connectivity index (χ3v) is 5.78. The van der Waals surface area contributed by atoms with Gasteiger partial charge in [0, 0.05) is 6.54 Å². The van der Waals surface area contributed by atoms with Crippen LogP contribution in [0.5, 0.6) is 0 Å². The van der Waals surface area contributed by atoms with Gasteiger partial charge >= 0.3 is 0 Å². The van der Waals surface area contributed by atoms with Gasteiger partial charge in [-0.2, -0.15) is 0 Å². The Morgan fingerprint density at radius 3 is 2.72 bits per heavy atom. The average molecular weight is 359 g/mol. The van der Waals surface area contributed by atoms with Crippen LogP contribution in [0.2, 0.25) is 0 Å². The zero-order valence-electron chi connectivity index (χ0n) is 14.8. The molecule has 0 bridgehead atoms. The first kappa shape index (κ1) is 17.9. The highest BCUT2D eigenvalue weighted by molar-refractivity contribution is 8.00. The summed E-state index contributed by atoms with van der Waals surface area (Å²) in [5.41, 5.74) is 1.23. The summed E-state index contributed by atoms with van der Waals surface area (Å²) in [6.45, 7) is 4.65. The maximum absolute atomic E-state index is 12.4. The molecule has 0 radical (unpaired) electrons. The van der Waals surface area contributed by atoms with Gasteiger partial charge in [0.25, 0.3) is 0 Å². The van der Waals surface area contributed by atoms with Crippen molar-refractivity contribution in [2.45, 2.75) is 61.9 Å². The van der Waals surface area contributed by atoms with Gasteiger partial charge < -0.3 is 5.32 Å². The molecule has 0 unspecified atom stereocenters. The predicted molar refractivity (Wildman–Crippen MR) is 98.5 cm³/mol. The number of thioether (sulfide) groups is 1. The lowest BCUT2D eigenvalue weighted by atomic mass is 10.0. The van der Waals surface area contributed by atoms with E-state index in [0.29, 0.717) is 12.6 Å². The Kier molecular flexibility index (Phi) is 6.07. The van der Waals surface area contributed by atoms with Crippen molar-refractivity contribution < 1.29 is 4.79 Å². The van der Waals surface area contributed by atoms with Crippen LogP contribution in [-0.2, 0) is 4.79 Å². The molecule has 0 aliphatic heterocycles. The fourth-order valence-corrected chi connectivity index (χ4v) is 4.03.